The molecule has 0 aromatic heterocycles. The molecule has 0 atom stereocenters. The lowest BCUT2D eigenvalue weighted by molar-refractivity contribution is -0.0444. The van der Waals surface area contributed by atoms with E-state index in [1.165, 1.54) is 27.7 Å². The maximum Gasteiger partial charge on any atom is 0.336 e. The van der Waals surface area contributed by atoms with Gasteiger partial charge in [0.25, 0.3) is 0 Å². The van der Waals surface area contributed by atoms with Gasteiger partial charge in [-0.3, -0.25) is 0 Å². The molecule has 0 aliphatic carbocycles. The Labute approximate surface area is 123 Å². The van der Waals surface area contributed by atoms with Crippen LogP contribution in [0.2, 0.25) is 0 Å². The highest BCUT2D eigenvalue weighted by molar-refractivity contribution is 8.76. The predicted octanol–water partition coefficient (Wildman–Crippen LogP) is 3.17. The van der Waals surface area contributed by atoms with Crippen LogP contribution in [-0.2, 0) is 0 Å². The van der Waals surface area contributed by atoms with Crippen LogP contribution in [0.15, 0.2) is 58.3 Å². The zero-order chi connectivity index (χ0) is 14.5. The van der Waals surface area contributed by atoms with Crippen molar-refractivity contribution in [2.75, 3.05) is 0 Å². The molecule has 2 aromatic carbocycles. The molecule has 3 N–H and O–H groups in total. The highest BCUT2D eigenvalue weighted by Gasteiger charge is 2.13. The van der Waals surface area contributed by atoms with E-state index in [1.807, 2.05) is 0 Å². The number of aromatic carboxylic acids is 1. The van der Waals surface area contributed by atoms with E-state index in [9.17, 15) is 15.0 Å². The van der Waals surface area contributed by atoms with Crippen molar-refractivity contribution >= 4 is 27.6 Å². The Bertz CT molecular complexity index is 614. The molecule has 0 heterocycles. The molecule has 0 saturated carbocycles. The monoisotopic (exact) mass is 308 g/mol. The summed E-state index contributed by atoms with van der Waals surface area (Å²) in [6.07, 6.45) is -1.55. The summed E-state index contributed by atoms with van der Waals surface area (Å²) in [5.74, 6) is -0.982. The zero-order valence-corrected chi connectivity index (χ0v) is 11.9. The maximum atomic E-state index is 11.1. The second-order valence-corrected chi connectivity index (χ2v) is 6.09. The fourth-order valence-electron chi connectivity index (χ4n) is 1.58. The molecule has 0 fully saturated rings. The van der Waals surface area contributed by atoms with Crippen LogP contribution in [-0.4, -0.2) is 21.3 Å². The molecule has 0 saturated heterocycles. The topological polar surface area (TPSA) is 77.8 Å². The summed E-state index contributed by atoms with van der Waals surface area (Å²) in [6, 6.07) is 13.6. The molecule has 0 unspecified atom stereocenters. The number of aliphatic hydroxyl groups is 2. The fourth-order valence-corrected chi connectivity index (χ4v) is 3.97. The van der Waals surface area contributed by atoms with Gasteiger partial charge in [-0.2, -0.15) is 0 Å². The third-order valence-electron chi connectivity index (χ3n) is 2.54. The quantitative estimate of drug-likeness (QED) is 0.582. The molecule has 0 amide bonds. The van der Waals surface area contributed by atoms with Crippen molar-refractivity contribution in [1.82, 2.24) is 0 Å². The molecular formula is C14H12O4S2. The van der Waals surface area contributed by atoms with Gasteiger partial charge < -0.3 is 15.3 Å². The number of carboxylic acid groups (broad SMARTS) is 1. The number of hydrogen-bond acceptors (Lipinski definition) is 5. The Hall–Kier alpha value is -1.47. The summed E-state index contributed by atoms with van der Waals surface area (Å²) in [7, 11) is 2.57. The Balaban J connectivity index is 2.20. The highest BCUT2D eigenvalue weighted by Crippen LogP contribution is 2.41. The van der Waals surface area contributed by atoms with Crippen LogP contribution in [0.3, 0.4) is 0 Å². The maximum absolute atomic E-state index is 11.1. The largest absolute Gasteiger partial charge is 0.478 e. The second kappa shape index (κ2) is 6.81. The Morgan fingerprint density at radius 1 is 0.900 bits per heavy atom. The van der Waals surface area contributed by atoms with Crippen LogP contribution < -0.4 is 0 Å². The number of carbonyl (C=O) groups is 1. The van der Waals surface area contributed by atoms with E-state index in [2.05, 4.69) is 0 Å². The lowest BCUT2D eigenvalue weighted by atomic mass is 10.2. The lowest BCUT2D eigenvalue weighted by Crippen LogP contribution is -1.98. The molecule has 2 aromatic rings. The number of rotatable bonds is 5. The molecule has 0 bridgehead atoms. The fraction of sp³-hybridized carbons (Fsp3) is 0.0714. The smallest absolute Gasteiger partial charge is 0.336 e. The van der Waals surface area contributed by atoms with Gasteiger partial charge in [0, 0.05) is 15.4 Å². The average Bonchev–Trinajstić information content (AvgIpc) is 2.45. The lowest BCUT2D eigenvalue weighted by Gasteiger charge is -2.10. The van der Waals surface area contributed by atoms with E-state index >= 15 is 0 Å². The minimum absolute atomic E-state index is 0.229. The van der Waals surface area contributed by atoms with Gasteiger partial charge in [-0.15, -0.1) is 0 Å². The van der Waals surface area contributed by atoms with E-state index in [-0.39, 0.29) is 5.56 Å². The van der Waals surface area contributed by atoms with Gasteiger partial charge in [-0.25, -0.2) is 4.79 Å². The number of benzene rings is 2. The van der Waals surface area contributed by atoms with E-state index in [1.54, 1.807) is 42.5 Å². The van der Waals surface area contributed by atoms with Crippen molar-refractivity contribution < 1.29 is 20.1 Å². The van der Waals surface area contributed by atoms with Crippen molar-refractivity contribution in [1.29, 1.82) is 0 Å². The van der Waals surface area contributed by atoms with Crippen LogP contribution in [0.4, 0.5) is 0 Å². The van der Waals surface area contributed by atoms with Crippen molar-refractivity contribution in [3.8, 4) is 0 Å². The molecule has 6 heteroatoms. The summed E-state index contributed by atoms with van der Waals surface area (Å²) in [4.78, 5) is 12.4. The second-order valence-electron chi connectivity index (χ2n) is 3.88. The molecule has 0 aliphatic heterocycles. The van der Waals surface area contributed by atoms with Crippen LogP contribution in [0.25, 0.3) is 0 Å². The summed E-state index contributed by atoms with van der Waals surface area (Å²) < 4.78 is 0. The molecule has 20 heavy (non-hydrogen) atoms. The number of hydrogen-bond donors (Lipinski definition) is 3. The van der Waals surface area contributed by atoms with Crippen molar-refractivity contribution in [3.63, 3.8) is 0 Å². The normalized spacial score (nSPS) is 10.8. The van der Waals surface area contributed by atoms with Gasteiger partial charge in [0.1, 0.15) is 0 Å². The predicted molar refractivity (Wildman–Crippen MR) is 78.7 cm³/mol. The standard InChI is InChI=1S/C14H12O4S2/c15-13(16)9-5-1-3-7-11(9)19-20-12-8-4-2-6-10(12)14(17)18/h1-8,13,15-16H,(H,17,18). The minimum Gasteiger partial charge on any atom is -0.478 e. The van der Waals surface area contributed by atoms with Gasteiger partial charge in [-0.05, 0) is 18.2 Å². The van der Waals surface area contributed by atoms with Crippen LogP contribution in [0.1, 0.15) is 22.2 Å². The van der Waals surface area contributed by atoms with Crippen molar-refractivity contribution in [2.45, 2.75) is 16.1 Å². The molecular weight excluding hydrogens is 296 g/mol. The first-order valence-corrected chi connectivity index (χ1v) is 7.86. The number of aliphatic hydroxyl groups excluding tert-OH is 1. The summed E-state index contributed by atoms with van der Waals surface area (Å²) in [5.41, 5.74) is 0.629. The highest BCUT2D eigenvalue weighted by atomic mass is 33.1. The molecule has 0 spiro atoms. The van der Waals surface area contributed by atoms with Gasteiger partial charge in [-0.1, -0.05) is 51.9 Å². The molecule has 0 aliphatic rings. The van der Waals surface area contributed by atoms with Gasteiger partial charge in [0.2, 0.25) is 0 Å². The molecule has 4 nitrogen and oxygen atoms in total. The van der Waals surface area contributed by atoms with E-state index in [0.717, 1.165) is 0 Å². The third kappa shape index (κ3) is 3.55. The Morgan fingerprint density at radius 2 is 1.45 bits per heavy atom. The van der Waals surface area contributed by atoms with E-state index in [4.69, 9.17) is 5.11 Å². The summed E-state index contributed by atoms with van der Waals surface area (Å²) in [5, 5.41) is 27.7. The minimum atomic E-state index is -1.55. The SMILES string of the molecule is O=C(O)c1ccccc1SSc1ccccc1C(O)O. The first kappa shape index (κ1) is 14.9. The van der Waals surface area contributed by atoms with Crippen LogP contribution in [0, 0.1) is 0 Å². The molecule has 2 rings (SSSR count). The Morgan fingerprint density at radius 3 is 2.10 bits per heavy atom. The average molecular weight is 308 g/mol. The van der Waals surface area contributed by atoms with Gasteiger partial charge in [0.15, 0.2) is 6.29 Å². The van der Waals surface area contributed by atoms with Crippen LogP contribution in [0.5, 0.6) is 0 Å². The van der Waals surface area contributed by atoms with Crippen molar-refractivity contribution in [2.24, 2.45) is 0 Å². The number of carboxylic acids is 1. The Kier molecular flexibility index (Phi) is 5.08. The molecule has 0 radical (unpaired) electrons. The summed E-state index contributed by atoms with van der Waals surface area (Å²) in [6.45, 7) is 0. The summed E-state index contributed by atoms with van der Waals surface area (Å²) >= 11 is 0. The first-order chi connectivity index (χ1) is 9.59. The van der Waals surface area contributed by atoms with Crippen LogP contribution >= 0.6 is 21.6 Å². The zero-order valence-electron chi connectivity index (χ0n) is 10.3. The van der Waals surface area contributed by atoms with Gasteiger partial charge in [0.05, 0.1) is 5.56 Å². The van der Waals surface area contributed by atoms with E-state index < -0.39 is 12.3 Å². The van der Waals surface area contributed by atoms with Gasteiger partial charge >= 0.3 is 5.97 Å². The van der Waals surface area contributed by atoms with E-state index in [0.29, 0.717) is 15.4 Å². The first-order valence-electron chi connectivity index (χ1n) is 5.71. The molecule has 104 valence electrons. The third-order valence-corrected chi connectivity index (χ3v) is 5.03. The van der Waals surface area contributed by atoms with Crippen molar-refractivity contribution in [3.05, 3.63) is 59.7 Å².